The highest BCUT2D eigenvalue weighted by atomic mass is 16.4. The van der Waals surface area contributed by atoms with E-state index in [1.54, 1.807) is 0 Å². The van der Waals surface area contributed by atoms with Crippen LogP contribution in [0.2, 0.25) is 0 Å². The topological polar surface area (TPSA) is 50.4 Å². The summed E-state index contributed by atoms with van der Waals surface area (Å²) in [6.45, 7) is 6.43. The van der Waals surface area contributed by atoms with Gasteiger partial charge >= 0.3 is 5.97 Å². The van der Waals surface area contributed by atoms with E-state index >= 15 is 0 Å². The number of aryl methyl sites for hydroxylation is 2. The Balaban J connectivity index is 2.49. The number of aliphatic carboxylic acids is 1. The van der Waals surface area contributed by atoms with Gasteiger partial charge in [-0.1, -0.05) is 19.8 Å². The van der Waals surface area contributed by atoms with E-state index in [4.69, 9.17) is 9.52 Å². The second-order valence-electron chi connectivity index (χ2n) is 5.26. The number of carboxylic acid groups (broad SMARTS) is 1. The molecule has 1 heterocycles. The maximum atomic E-state index is 10.5. The summed E-state index contributed by atoms with van der Waals surface area (Å²) in [5.74, 6) is 1.46. The summed E-state index contributed by atoms with van der Waals surface area (Å²) in [7, 11) is 0. The first kappa shape index (κ1) is 15.8. The Morgan fingerprint density at radius 2 is 1.53 bits per heavy atom. The first-order valence-electron chi connectivity index (χ1n) is 7.35. The second kappa shape index (κ2) is 8.03. The second-order valence-corrected chi connectivity index (χ2v) is 5.26. The molecule has 3 heteroatoms. The van der Waals surface area contributed by atoms with E-state index in [1.165, 1.54) is 30.4 Å². The van der Waals surface area contributed by atoms with Crippen LogP contribution in [-0.4, -0.2) is 11.1 Å². The minimum absolute atomic E-state index is 0.252. The number of unbranched alkanes of at least 4 members (excludes halogenated alkanes) is 3. The van der Waals surface area contributed by atoms with Crippen molar-refractivity contribution in [3.63, 3.8) is 0 Å². The van der Waals surface area contributed by atoms with E-state index in [0.717, 1.165) is 37.2 Å². The van der Waals surface area contributed by atoms with Crippen molar-refractivity contribution in [2.75, 3.05) is 0 Å². The van der Waals surface area contributed by atoms with Gasteiger partial charge in [0.1, 0.15) is 11.5 Å². The molecule has 0 aliphatic heterocycles. The van der Waals surface area contributed by atoms with Gasteiger partial charge < -0.3 is 9.52 Å². The Morgan fingerprint density at radius 3 is 2.00 bits per heavy atom. The lowest BCUT2D eigenvalue weighted by molar-refractivity contribution is -0.137. The molecule has 0 aliphatic carbocycles. The van der Waals surface area contributed by atoms with E-state index in [9.17, 15) is 4.79 Å². The van der Waals surface area contributed by atoms with E-state index in [0.29, 0.717) is 0 Å². The van der Waals surface area contributed by atoms with Crippen LogP contribution in [0.5, 0.6) is 0 Å². The van der Waals surface area contributed by atoms with Crippen LogP contribution in [0, 0.1) is 13.8 Å². The molecule has 0 saturated carbocycles. The Morgan fingerprint density at radius 1 is 1.00 bits per heavy atom. The molecule has 0 aliphatic rings. The van der Waals surface area contributed by atoms with Gasteiger partial charge in [-0.25, -0.2) is 0 Å². The smallest absolute Gasteiger partial charge is 0.303 e. The molecular formula is C16H26O3. The average molecular weight is 266 g/mol. The standard InChI is InChI=1S/C16H26O3/c1-4-5-6-9-14-12(2)13(3)15(19-14)10-7-8-11-16(17)18/h4-11H2,1-3H3,(H,17,18). The maximum absolute atomic E-state index is 10.5. The first-order chi connectivity index (χ1) is 9.06. The van der Waals surface area contributed by atoms with Crippen LogP contribution < -0.4 is 0 Å². The van der Waals surface area contributed by atoms with Crippen molar-refractivity contribution in [3.05, 3.63) is 22.6 Å². The Bertz CT molecular complexity index is 404. The summed E-state index contributed by atoms with van der Waals surface area (Å²) in [5, 5.41) is 8.61. The van der Waals surface area contributed by atoms with Gasteiger partial charge in [0.15, 0.2) is 0 Å². The minimum atomic E-state index is -0.715. The molecule has 1 N–H and O–H groups in total. The zero-order valence-corrected chi connectivity index (χ0v) is 12.4. The van der Waals surface area contributed by atoms with Crippen molar-refractivity contribution < 1.29 is 14.3 Å². The molecule has 0 spiro atoms. The van der Waals surface area contributed by atoms with Gasteiger partial charge in [-0.3, -0.25) is 4.79 Å². The lowest BCUT2D eigenvalue weighted by Gasteiger charge is -1.98. The van der Waals surface area contributed by atoms with Gasteiger partial charge in [0.25, 0.3) is 0 Å². The van der Waals surface area contributed by atoms with Crippen molar-refractivity contribution in [2.24, 2.45) is 0 Å². The fraction of sp³-hybridized carbons (Fsp3) is 0.688. The summed E-state index contributed by atoms with van der Waals surface area (Å²) in [6, 6.07) is 0. The number of rotatable bonds is 9. The largest absolute Gasteiger partial charge is 0.481 e. The molecule has 0 radical (unpaired) electrons. The van der Waals surface area contributed by atoms with Gasteiger partial charge in [-0.05, 0) is 44.2 Å². The third-order valence-corrected chi connectivity index (χ3v) is 3.70. The molecule has 0 saturated heterocycles. The Hall–Kier alpha value is -1.25. The SMILES string of the molecule is CCCCCc1oc(CCCCC(=O)O)c(C)c1C. The number of carboxylic acids is 1. The summed E-state index contributed by atoms with van der Waals surface area (Å²) < 4.78 is 5.95. The van der Waals surface area contributed by atoms with Crippen LogP contribution in [0.4, 0.5) is 0 Å². The molecule has 0 fully saturated rings. The van der Waals surface area contributed by atoms with Crippen molar-refractivity contribution in [1.82, 2.24) is 0 Å². The molecular weight excluding hydrogens is 240 g/mol. The fourth-order valence-corrected chi connectivity index (χ4v) is 2.29. The molecule has 108 valence electrons. The van der Waals surface area contributed by atoms with Crippen molar-refractivity contribution in [2.45, 2.75) is 72.1 Å². The molecule has 0 aromatic carbocycles. The molecule has 1 aromatic rings. The van der Waals surface area contributed by atoms with E-state index in [1.807, 2.05) is 0 Å². The molecule has 0 atom stereocenters. The molecule has 0 unspecified atom stereocenters. The van der Waals surface area contributed by atoms with Crippen molar-refractivity contribution >= 4 is 5.97 Å². The number of furan rings is 1. The predicted molar refractivity (Wildman–Crippen MR) is 76.6 cm³/mol. The van der Waals surface area contributed by atoms with Crippen LogP contribution in [0.15, 0.2) is 4.42 Å². The van der Waals surface area contributed by atoms with E-state index in [-0.39, 0.29) is 6.42 Å². The predicted octanol–water partition coefficient (Wildman–Crippen LogP) is 4.43. The molecule has 19 heavy (non-hydrogen) atoms. The monoisotopic (exact) mass is 266 g/mol. The summed E-state index contributed by atoms with van der Waals surface area (Å²) in [5.41, 5.74) is 2.53. The van der Waals surface area contributed by atoms with E-state index < -0.39 is 5.97 Å². The highest BCUT2D eigenvalue weighted by molar-refractivity contribution is 5.66. The van der Waals surface area contributed by atoms with Crippen LogP contribution in [0.3, 0.4) is 0 Å². The first-order valence-corrected chi connectivity index (χ1v) is 7.35. The minimum Gasteiger partial charge on any atom is -0.481 e. The van der Waals surface area contributed by atoms with Crippen molar-refractivity contribution in [1.29, 1.82) is 0 Å². The Kier molecular flexibility index (Phi) is 6.68. The molecule has 0 amide bonds. The van der Waals surface area contributed by atoms with Crippen LogP contribution in [0.25, 0.3) is 0 Å². The highest BCUT2D eigenvalue weighted by Gasteiger charge is 2.13. The molecule has 1 rings (SSSR count). The normalized spacial score (nSPS) is 10.9. The lowest BCUT2D eigenvalue weighted by atomic mass is 10.1. The van der Waals surface area contributed by atoms with Gasteiger partial charge in [-0.2, -0.15) is 0 Å². The lowest BCUT2D eigenvalue weighted by Crippen LogP contribution is -1.95. The van der Waals surface area contributed by atoms with E-state index in [2.05, 4.69) is 20.8 Å². The van der Waals surface area contributed by atoms with Crippen LogP contribution >= 0.6 is 0 Å². The number of hydrogen-bond acceptors (Lipinski definition) is 2. The van der Waals surface area contributed by atoms with Crippen molar-refractivity contribution in [3.8, 4) is 0 Å². The number of carbonyl (C=O) groups is 1. The quantitative estimate of drug-likeness (QED) is 0.673. The summed E-state index contributed by atoms with van der Waals surface area (Å²) in [4.78, 5) is 10.5. The molecule has 1 aromatic heterocycles. The molecule has 0 bridgehead atoms. The summed E-state index contributed by atoms with van der Waals surface area (Å²) in [6.07, 6.45) is 7.39. The summed E-state index contributed by atoms with van der Waals surface area (Å²) >= 11 is 0. The Labute approximate surface area is 116 Å². The van der Waals surface area contributed by atoms with Crippen LogP contribution in [0.1, 0.15) is 68.1 Å². The third-order valence-electron chi connectivity index (χ3n) is 3.70. The number of hydrogen-bond donors (Lipinski definition) is 1. The average Bonchev–Trinajstić information content (AvgIpc) is 2.63. The third kappa shape index (κ3) is 5.09. The fourth-order valence-electron chi connectivity index (χ4n) is 2.29. The van der Waals surface area contributed by atoms with Gasteiger partial charge in [-0.15, -0.1) is 0 Å². The molecule has 3 nitrogen and oxygen atoms in total. The van der Waals surface area contributed by atoms with Gasteiger partial charge in [0, 0.05) is 19.3 Å². The van der Waals surface area contributed by atoms with Gasteiger partial charge in [0.05, 0.1) is 0 Å². The highest BCUT2D eigenvalue weighted by Crippen LogP contribution is 2.24. The van der Waals surface area contributed by atoms with Gasteiger partial charge in [0.2, 0.25) is 0 Å². The van der Waals surface area contributed by atoms with Crippen LogP contribution in [-0.2, 0) is 17.6 Å². The zero-order chi connectivity index (χ0) is 14.3. The zero-order valence-electron chi connectivity index (χ0n) is 12.4. The maximum Gasteiger partial charge on any atom is 0.303 e.